The van der Waals surface area contributed by atoms with Gasteiger partial charge in [0, 0.05) is 30.8 Å². The Hall–Kier alpha value is -1.66. The molecule has 0 bridgehead atoms. The van der Waals surface area contributed by atoms with Crippen molar-refractivity contribution in [1.82, 2.24) is 9.80 Å². The van der Waals surface area contributed by atoms with E-state index in [0.29, 0.717) is 24.7 Å². The lowest BCUT2D eigenvalue weighted by molar-refractivity contribution is -0.384. The van der Waals surface area contributed by atoms with E-state index in [9.17, 15) is 14.9 Å². The number of likely N-dealkylation sites (tertiary alicyclic amines) is 1. The van der Waals surface area contributed by atoms with Crippen LogP contribution in [0.25, 0.3) is 0 Å². The second kappa shape index (κ2) is 6.41. The van der Waals surface area contributed by atoms with Gasteiger partial charge < -0.3 is 9.80 Å². The summed E-state index contributed by atoms with van der Waals surface area (Å²) in [5, 5.41) is 10.9. The fourth-order valence-electron chi connectivity index (χ4n) is 2.55. The summed E-state index contributed by atoms with van der Waals surface area (Å²) in [6, 6.07) is 4.67. The van der Waals surface area contributed by atoms with E-state index in [1.807, 2.05) is 14.1 Å². The third-order valence-electron chi connectivity index (χ3n) is 3.87. The Balaban J connectivity index is 2.11. The molecule has 1 aliphatic heterocycles. The predicted molar refractivity (Wildman–Crippen MR) is 80.7 cm³/mol. The number of nitro benzene ring substituents is 1. The Labute approximate surface area is 128 Å². The highest BCUT2D eigenvalue weighted by Crippen LogP contribution is 2.26. The molecule has 2 rings (SSSR count). The van der Waals surface area contributed by atoms with Crippen molar-refractivity contribution in [2.24, 2.45) is 0 Å². The Morgan fingerprint density at radius 2 is 2.00 bits per heavy atom. The first-order valence-electron chi connectivity index (χ1n) is 6.80. The number of piperidine rings is 1. The molecule has 1 saturated heterocycles. The van der Waals surface area contributed by atoms with E-state index < -0.39 is 4.92 Å². The second-order valence-corrected chi connectivity index (χ2v) is 5.82. The van der Waals surface area contributed by atoms with Crippen molar-refractivity contribution in [2.75, 3.05) is 27.2 Å². The number of halogens is 1. The zero-order chi connectivity index (χ0) is 15.6. The van der Waals surface area contributed by atoms with E-state index in [-0.39, 0.29) is 16.6 Å². The average molecular weight is 312 g/mol. The van der Waals surface area contributed by atoms with Gasteiger partial charge in [0.1, 0.15) is 5.02 Å². The number of rotatable bonds is 3. The van der Waals surface area contributed by atoms with E-state index in [1.54, 1.807) is 4.90 Å². The van der Waals surface area contributed by atoms with Crippen LogP contribution in [0.4, 0.5) is 5.69 Å². The minimum Gasteiger partial charge on any atom is -0.339 e. The number of hydrogen-bond acceptors (Lipinski definition) is 4. The first-order valence-corrected chi connectivity index (χ1v) is 7.17. The number of nitrogens with zero attached hydrogens (tertiary/aromatic N) is 3. The summed E-state index contributed by atoms with van der Waals surface area (Å²) in [4.78, 5) is 26.6. The molecule has 0 radical (unpaired) electrons. The molecule has 7 heteroatoms. The van der Waals surface area contributed by atoms with Crippen LogP contribution in [0.1, 0.15) is 23.2 Å². The second-order valence-electron chi connectivity index (χ2n) is 5.41. The smallest absolute Gasteiger partial charge is 0.288 e. The predicted octanol–water partition coefficient (Wildman–Crippen LogP) is 2.41. The zero-order valence-electron chi connectivity index (χ0n) is 12.1. The van der Waals surface area contributed by atoms with E-state index >= 15 is 0 Å². The number of amides is 1. The molecule has 1 aromatic rings. The molecule has 6 nitrogen and oxygen atoms in total. The summed E-state index contributed by atoms with van der Waals surface area (Å²) in [6.07, 6.45) is 1.82. The Bertz CT molecular complexity index is 554. The van der Waals surface area contributed by atoms with Crippen LogP contribution >= 0.6 is 11.6 Å². The van der Waals surface area contributed by atoms with Gasteiger partial charge in [-0.15, -0.1) is 0 Å². The van der Waals surface area contributed by atoms with Crippen LogP contribution in [0.5, 0.6) is 0 Å². The molecule has 0 saturated carbocycles. The minimum atomic E-state index is -0.572. The largest absolute Gasteiger partial charge is 0.339 e. The van der Waals surface area contributed by atoms with Crippen molar-refractivity contribution < 1.29 is 9.72 Å². The van der Waals surface area contributed by atoms with Gasteiger partial charge >= 0.3 is 0 Å². The molecule has 1 fully saturated rings. The highest BCUT2D eigenvalue weighted by Gasteiger charge is 2.26. The number of hydrogen-bond donors (Lipinski definition) is 0. The van der Waals surface area contributed by atoms with E-state index in [0.717, 1.165) is 12.8 Å². The minimum absolute atomic E-state index is 0.0443. The van der Waals surface area contributed by atoms with Crippen LogP contribution in [0.3, 0.4) is 0 Å². The quantitative estimate of drug-likeness (QED) is 0.635. The Morgan fingerprint density at radius 3 is 2.52 bits per heavy atom. The normalized spacial score (nSPS) is 16.3. The lowest BCUT2D eigenvalue weighted by Gasteiger charge is -2.35. The summed E-state index contributed by atoms with van der Waals surface area (Å²) < 4.78 is 0. The summed E-state index contributed by atoms with van der Waals surface area (Å²) >= 11 is 5.76. The molecule has 1 amide bonds. The van der Waals surface area contributed by atoms with Crippen molar-refractivity contribution in [3.63, 3.8) is 0 Å². The number of nitro groups is 1. The van der Waals surface area contributed by atoms with Crippen molar-refractivity contribution in [1.29, 1.82) is 0 Å². The van der Waals surface area contributed by atoms with Gasteiger partial charge in [0.15, 0.2) is 0 Å². The molecule has 21 heavy (non-hydrogen) atoms. The highest BCUT2D eigenvalue weighted by atomic mass is 35.5. The van der Waals surface area contributed by atoms with Crippen molar-refractivity contribution in [3.8, 4) is 0 Å². The Morgan fingerprint density at radius 1 is 1.38 bits per heavy atom. The third kappa shape index (κ3) is 3.51. The van der Waals surface area contributed by atoms with Crippen LogP contribution in [0, 0.1) is 10.1 Å². The van der Waals surface area contributed by atoms with Crippen LogP contribution in [-0.4, -0.2) is 53.9 Å². The first-order chi connectivity index (χ1) is 9.90. The van der Waals surface area contributed by atoms with Gasteiger partial charge in [-0.05, 0) is 39.1 Å². The van der Waals surface area contributed by atoms with E-state index in [1.165, 1.54) is 18.2 Å². The summed E-state index contributed by atoms with van der Waals surface area (Å²) in [5.41, 5.74) is 0.0834. The topological polar surface area (TPSA) is 66.7 Å². The monoisotopic (exact) mass is 311 g/mol. The number of carbonyl (C=O) groups is 1. The molecule has 0 atom stereocenters. The van der Waals surface area contributed by atoms with E-state index in [4.69, 9.17) is 11.6 Å². The van der Waals surface area contributed by atoms with Crippen LogP contribution in [-0.2, 0) is 0 Å². The summed E-state index contributed by atoms with van der Waals surface area (Å²) in [6.45, 7) is 1.33. The Kier molecular flexibility index (Phi) is 4.80. The third-order valence-corrected chi connectivity index (χ3v) is 4.19. The van der Waals surface area contributed by atoms with Gasteiger partial charge in [-0.3, -0.25) is 14.9 Å². The molecule has 0 spiro atoms. The molecular weight excluding hydrogens is 294 g/mol. The molecule has 0 aromatic heterocycles. The average Bonchev–Trinajstić information content (AvgIpc) is 2.46. The summed E-state index contributed by atoms with van der Waals surface area (Å²) in [5.74, 6) is -0.174. The molecule has 0 unspecified atom stereocenters. The van der Waals surface area contributed by atoms with Crippen molar-refractivity contribution in [2.45, 2.75) is 18.9 Å². The standard InChI is InChI=1S/C14H18ClN3O3/c1-16(2)11-5-7-17(8-6-11)14(19)10-3-4-12(15)13(9-10)18(20)21/h3-4,9,11H,5-8H2,1-2H3. The fourth-order valence-corrected chi connectivity index (χ4v) is 2.74. The maximum absolute atomic E-state index is 12.4. The fraction of sp³-hybridized carbons (Fsp3) is 0.500. The van der Waals surface area contributed by atoms with Gasteiger partial charge in [-0.2, -0.15) is 0 Å². The van der Waals surface area contributed by atoms with Crippen molar-refractivity contribution >= 4 is 23.2 Å². The maximum atomic E-state index is 12.4. The number of carbonyl (C=O) groups excluding carboxylic acids is 1. The van der Waals surface area contributed by atoms with Crippen LogP contribution in [0.2, 0.25) is 5.02 Å². The van der Waals surface area contributed by atoms with Gasteiger partial charge in [-0.25, -0.2) is 0 Å². The highest BCUT2D eigenvalue weighted by molar-refractivity contribution is 6.32. The number of benzene rings is 1. The zero-order valence-corrected chi connectivity index (χ0v) is 12.8. The van der Waals surface area contributed by atoms with E-state index in [2.05, 4.69) is 4.90 Å². The molecule has 1 aliphatic rings. The molecular formula is C14H18ClN3O3. The molecule has 114 valence electrons. The molecule has 1 heterocycles. The van der Waals surface area contributed by atoms with Crippen molar-refractivity contribution in [3.05, 3.63) is 38.9 Å². The van der Waals surface area contributed by atoms with Gasteiger partial charge in [0.05, 0.1) is 4.92 Å². The lowest BCUT2D eigenvalue weighted by atomic mass is 10.0. The molecule has 0 N–H and O–H groups in total. The van der Waals surface area contributed by atoms with Gasteiger partial charge in [-0.1, -0.05) is 11.6 Å². The molecule has 1 aromatic carbocycles. The van der Waals surface area contributed by atoms with Gasteiger partial charge in [0.25, 0.3) is 11.6 Å². The van der Waals surface area contributed by atoms with Crippen LogP contribution in [0.15, 0.2) is 18.2 Å². The lowest BCUT2D eigenvalue weighted by Crippen LogP contribution is -2.44. The maximum Gasteiger partial charge on any atom is 0.288 e. The SMILES string of the molecule is CN(C)C1CCN(C(=O)c2ccc(Cl)c([N+](=O)[O-])c2)CC1. The first kappa shape index (κ1) is 15.7. The molecule has 0 aliphatic carbocycles. The van der Waals surface area contributed by atoms with Crippen LogP contribution < -0.4 is 0 Å². The summed E-state index contributed by atoms with van der Waals surface area (Å²) in [7, 11) is 4.06. The van der Waals surface area contributed by atoms with Gasteiger partial charge in [0.2, 0.25) is 0 Å².